The molecule has 0 aliphatic carbocycles. The highest BCUT2D eigenvalue weighted by atomic mass is 79.9. The van der Waals surface area contributed by atoms with Crippen molar-refractivity contribution in [3.63, 3.8) is 0 Å². The first kappa shape index (κ1) is 17.1. The molecule has 0 aliphatic heterocycles. The third kappa shape index (κ3) is 3.20. The second-order valence-electron chi connectivity index (χ2n) is 6.32. The van der Waals surface area contributed by atoms with Crippen LogP contribution in [0.2, 0.25) is 0 Å². The van der Waals surface area contributed by atoms with E-state index in [1.54, 1.807) is 0 Å². The molecule has 0 amide bonds. The summed E-state index contributed by atoms with van der Waals surface area (Å²) in [7, 11) is 0. The molecule has 0 spiro atoms. The predicted octanol–water partition coefficient (Wildman–Crippen LogP) is 4.70. The van der Waals surface area contributed by atoms with Crippen LogP contribution in [0.1, 0.15) is 5.82 Å². The molecule has 0 unspecified atom stereocenters. The summed E-state index contributed by atoms with van der Waals surface area (Å²) in [6, 6.07) is 20.0. The van der Waals surface area contributed by atoms with Crippen LogP contribution >= 0.6 is 15.9 Å². The number of aliphatic hydroxyl groups excluding tert-OH is 1. The third-order valence-corrected chi connectivity index (χ3v) is 5.32. The summed E-state index contributed by atoms with van der Waals surface area (Å²) >= 11 is 3.61. The zero-order chi connectivity index (χ0) is 18.1. The van der Waals surface area contributed by atoms with Crippen molar-refractivity contribution in [1.82, 2.24) is 9.55 Å². The van der Waals surface area contributed by atoms with Gasteiger partial charge in [0.2, 0.25) is 0 Å². The number of benzene rings is 3. The van der Waals surface area contributed by atoms with E-state index in [1.807, 2.05) is 66.1 Å². The zero-order valence-corrected chi connectivity index (χ0v) is 16.0. The Morgan fingerprint density at radius 1 is 1.08 bits per heavy atom. The van der Waals surface area contributed by atoms with E-state index in [4.69, 9.17) is 4.74 Å². The molecule has 5 heteroatoms. The molecule has 0 bridgehead atoms. The van der Waals surface area contributed by atoms with Gasteiger partial charge in [0, 0.05) is 0 Å². The largest absolute Gasteiger partial charge is 0.490 e. The van der Waals surface area contributed by atoms with Crippen molar-refractivity contribution in [2.75, 3.05) is 6.61 Å². The molecule has 132 valence electrons. The predicted molar refractivity (Wildman–Crippen MR) is 108 cm³/mol. The lowest BCUT2D eigenvalue weighted by Gasteiger charge is -2.16. The Labute approximate surface area is 160 Å². The summed E-state index contributed by atoms with van der Waals surface area (Å²) in [6.45, 7) is 2.61. The highest BCUT2D eigenvalue weighted by Gasteiger charge is 2.13. The van der Waals surface area contributed by atoms with Gasteiger partial charge in [0.1, 0.15) is 24.3 Å². The minimum absolute atomic E-state index is 0.211. The minimum Gasteiger partial charge on any atom is -0.490 e. The van der Waals surface area contributed by atoms with E-state index < -0.39 is 6.10 Å². The smallest absolute Gasteiger partial charge is 0.134 e. The molecule has 4 aromatic rings. The second-order valence-corrected chi connectivity index (χ2v) is 7.11. The van der Waals surface area contributed by atoms with Crippen LogP contribution in [0.5, 0.6) is 5.75 Å². The number of halogens is 1. The lowest BCUT2D eigenvalue weighted by molar-refractivity contribution is 0.0926. The minimum atomic E-state index is -0.635. The Balaban J connectivity index is 1.50. The van der Waals surface area contributed by atoms with Gasteiger partial charge >= 0.3 is 0 Å². The number of imidazole rings is 1. The first-order chi connectivity index (χ1) is 12.6. The molecule has 1 N–H and O–H groups in total. The standard InChI is InChI=1S/C21H19BrN2O2/c1-14-23-18-8-4-5-9-19(18)24(14)12-16(25)13-26-20-11-10-15-6-2-3-7-17(15)21(20)22/h2-11,16,25H,12-13H2,1H3/t16-/m1/s1. The van der Waals surface area contributed by atoms with E-state index in [0.29, 0.717) is 6.54 Å². The van der Waals surface area contributed by atoms with Crippen molar-refractivity contribution in [3.05, 3.63) is 71.0 Å². The summed E-state index contributed by atoms with van der Waals surface area (Å²) in [5, 5.41) is 12.7. The van der Waals surface area contributed by atoms with Crippen molar-refractivity contribution < 1.29 is 9.84 Å². The summed E-state index contributed by atoms with van der Waals surface area (Å²) in [6.07, 6.45) is -0.635. The van der Waals surface area contributed by atoms with Gasteiger partial charge in [-0.1, -0.05) is 42.5 Å². The molecule has 0 aliphatic rings. The highest BCUT2D eigenvalue weighted by molar-refractivity contribution is 9.10. The number of ether oxygens (including phenoxy) is 1. The number of para-hydroxylation sites is 2. The summed E-state index contributed by atoms with van der Waals surface area (Å²) in [4.78, 5) is 4.54. The Hall–Kier alpha value is -2.37. The van der Waals surface area contributed by atoms with Crippen molar-refractivity contribution in [2.24, 2.45) is 0 Å². The molecule has 0 saturated heterocycles. The van der Waals surface area contributed by atoms with Crippen LogP contribution in [-0.4, -0.2) is 27.4 Å². The molecule has 1 atom stereocenters. The molecule has 0 fully saturated rings. The number of fused-ring (bicyclic) bond motifs is 2. The van der Waals surface area contributed by atoms with E-state index >= 15 is 0 Å². The summed E-state index contributed by atoms with van der Waals surface area (Å²) in [5.41, 5.74) is 1.96. The molecule has 3 aromatic carbocycles. The quantitative estimate of drug-likeness (QED) is 0.518. The number of nitrogens with zero attached hydrogens (tertiary/aromatic N) is 2. The van der Waals surface area contributed by atoms with Crippen molar-refractivity contribution in [1.29, 1.82) is 0 Å². The van der Waals surface area contributed by atoms with Crippen LogP contribution in [0.25, 0.3) is 21.8 Å². The first-order valence-corrected chi connectivity index (χ1v) is 9.33. The van der Waals surface area contributed by atoms with Gasteiger partial charge in [-0.05, 0) is 51.8 Å². The zero-order valence-electron chi connectivity index (χ0n) is 14.4. The maximum atomic E-state index is 10.5. The van der Waals surface area contributed by atoms with Gasteiger partial charge in [0.05, 0.1) is 22.1 Å². The topological polar surface area (TPSA) is 47.3 Å². The number of hydrogen-bond donors (Lipinski definition) is 1. The van der Waals surface area contributed by atoms with Gasteiger partial charge in [-0.3, -0.25) is 0 Å². The Morgan fingerprint density at radius 2 is 1.85 bits per heavy atom. The van der Waals surface area contributed by atoms with Gasteiger partial charge in [-0.2, -0.15) is 0 Å². The van der Waals surface area contributed by atoms with Crippen molar-refractivity contribution in [2.45, 2.75) is 19.6 Å². The van der Waals surface area contributed by atoms with Crippen LogP contribution < -0.4 is 4.74 Å². The molecule has 0 saturated carbocycles. The Bertz CT molecular complexity index is 1070. The third-order valence-electron chi connectivity index (χ3n) is 4.50. The Morgan fingerprint density at radius 3 is 2.73 bits per heavy atom. The number of hydrogen-bond acceptors (Lipinski definition) is 3. The van der Waals surface area contributed by atoms with Gasteiger partial charge in [-0.15, -0.1) is 0 Å². The molecule has 4 nitrogen and oxygen atoms in total. The van der Waals surface area contributed by atoms with Gasteiger partial charge in [0.15, 0.2) is 0 Å². The second kappa shape index (κ2) is 7.09. The maximum Gasteiger partial charge on any atom is 0.134 e. The summed E-state index contributed by atoms with van der Waals surface area (Å²) in [5.74, 6) is 1.62. The van der Waals surface area contributed by atoms with Crippen LogP contribution in [-0.2, 0) is 6.54 Å². The molecule has 1 aromatic heterocycles. The number of aromatic nitrogens is 2. The fourth-order valence-electron chi connectivity index (χ4n) is 3.20. The molecule has 1 heterocycles. The fraction of sp³-hybridized carbons (Fsp3) is 0.190. The molecule has 4 rings (SSSR count). The van der Waals surface area contributed by atoms with E-state index in [1.165, 1.54) is 0 Å². The van der Waals surface area contributed by atoms with E-state index in [0.717, 1.165) is 37.9 Å². The van der Waals surface area contributed by atoms with E-state index in [9.17, 15) is 5.11 Å². The SMILES string of the molecule is Cc1nc2ccccc2n1C[C@@H](O)COc1ccc2ccccc2c1Br. The maximum absolute atomic E-state index is 10.5. The monoisotopic (exact) mass is 410 g/mol. The van der Waals surface area contributed by atoms with E-state index in [-0.39, 0.29) is 6.61 Å². The molecular weight excluding hydrogens is 392 g/mol. The fourth-order valence-corrected chi connectivity index (χ4v) is 3.81. The van der Waals surface area contributed by atoms with Gasteiger partial charge < -0.3 is 14.4 Å². The van der Waals surface area contributed by atoms with E-state index in [2.05, 4.69) is 27.0 Å². The van der Waals surface area contributed by atoms with Crippen molar-refractivity contribution in [3.8, 4) is 5.75 Å². The van der Waals surface area contributed by atoms with Crippen LogP contribution in [0.3, 0.4) is 0 Å². The van der Waals surface area contributed by atoms with Gasteiger partial charge in [0.25, 0.3) is 0 Å². The normalized spacial score (nSPS) is 12.6. The Kier molecular flexibility index (Phi) is 4.66. The van der Waals surface area contributed by atoms with Crippen molar-refractivity contribution >= 4 is 37.7 Å². The molecule has 0 radical (unpaired) electrons. The number of aryl methyl sites for hydroxylation is 1. The average molecular weight is 411 g/mol. The van der Waals surface area contributed by atoms with Crippen LogP contribution in [0, 0.1) is 6.92 Å². The van der Waals surface area contributed by atoms with Crippen LogP contribution in [0.4, 0.5) is 0 Å². The number of aliphatic hydroxyl groups is 1. The van der Waals surface area contributed by atoms with Gasteiger partial charge in [-0.25, -0.2) is 4.98 Å². The lowest BCUT2D eigenvalue weighted by atomic mass is 10.1. The highest BCUT2D eigenvalue weighted by Crippen LogP contribution is 2.33. The average Bonchev–Trinajstić information content (AvgIpc) is 2.97. The first-order valence-electron chi connectivity index (χ1n) is 8.53. The molecular formula is C21H19BrN2O2. The number of rotatable bonds is 5. The summed E-state index contributed by atoms with van der Waals surface area (Å²) < 4.78 is 8.81. The molecule has 26 heavy (non-hydrogen) atoms. The lowest BCUT2D eigenvalue weighted by Crippen LogP contribution is -2.24. The van der Waals surface area contributed by atoms with Crippen LogP contribution in [0.15, 0.2) is 65.1 Å².